The molecule has 1 N–H and O–H groups in total. The number of anilines is 2. The first-order valence-electron chi connectivity index (χ1n) is 6.54. The summed E-state index contributed by atoms with van der Waals surface area (Å²) in [6, 6.07) is 3.47. The maximum Gasteiger partial charge on any atom is 0.306 e. The van der Waals surface area contributed by atoms with Gasteiger partial charge in [0.2, 0.25) is 0 Å². The van der Waals surface area contributed by atoms with Gasteiger partial charge in [0.15, 0.2) is 11.5 Å². The molecule has 2 aromatic carbocycles. The second-order valence-corrected chi connectivity index (χ2v) is 5.98. The summed E-state index contributed by atoms with van der Waals surface area (Å²) >= 11 is 8.74. The Balaban J connectivity index is 2.79. The van der Waals surface area contributed by atoms with Gasteiger partial charge in [-0.3, -0.25) is 30.3 Å². The minimum atomic E-state index is -1.08. The Morgan fingerprint density at radius 3 is 1.96 bits per heavy atom. The standard InChI is InChI=1S/C13H4BrClFN5O6/c14-10-11(16)5(4-17)1-7(15)12(10)18-13-8(20(24)25)2-6(19(22)23)3-9(13)21(26)27/h1-3,18H. The van der Waals surface area contributed by atoms with Crippen molar-refractivity contribution in [3.05, 3.63) is 69.4 Å². The summed E-state index contributed by atoms with van der Waals surface area (Å²) in [5.74, 6) is -1.06. The van der Waals surface area contributed by atoms with Gasteiger partial charge in [0.1, 0.15) is 6.07 Å². The van der Waals surface area contributed by atoms with Crippen molar-refractivity contribution in [2.75, 3.05) is 5.32 Å². The van der Waals surface area contributed by atoms with Gasteiger partial charge in [0.25, 0.3) is 5.69 Å². The van der Waals surface area contributed by atoms with E-state index >= 15 is 0 Å². The number of nitriles is 1. The van der Waals surface area contributed by atoms with Gasteiger partial charge in [-0.2, -0.15) is 5.26 Å². The highest BCUT2D eigenvalue weighted by molar-refractivity contribution is 9.10. The van der Waals surface area contributed by atoms with Crippen LogP contribution >= 0.6 is 27.5 Å². The summed E-state index contributed by atoms with van der Waals surface area (Å²) in [7, 11) is 0. The van der Waals surface area contributed by atoms with Crippen LogP contribution in [0.15, 0.2) is 22.7 Å². The molecule has 0 atom stereocenters. The van der Waals surface area contributed by atoms with Crippen molar-refractivity contribution in [2.24, 2.45) is 0 Å². The lowest BCUT2D eigenvalue weighted by Gasteiger charge is -2.12. The summed E-state index contributed by atoms with van der Waals surface area (Å²) in [5, 5.41) is 44.2. The van der Waals surface area contributed by atoms with E-state index in [-0.39, 0.29) is 10.7 Å². The lowest BCUT2D eigenvalue weighted by Crippen LogP contribution is -2.05. The molecule has 0 spiro atoms. The maximum atomic E-state index is 14.1. The monoisotopic (exact) mass is 459 g/mol. The Bertz CT molecular complexity index is 1020. The molecule has 0 aromatic heterocycles. The summed E-state index contributed by atoms with van der Waals surface area (Å²) in [4.78, 5) is 30.2. The van der Waals surface area contributed by atoms with E-state index in [0.717, 1.165) is 6.07 Å². The van der Waals surface area contributed by atoms with Crippen LogP contribution in [0.1, 0.15) is 5.56 Å². The predicted molar refractivity (Wildman–Crippen MR) is 93.5 cm³/mol. The van der Waals surface area contributed by atoms with Gasteiger partial charge >= 0.3 is 11.4 Å². The fourth-order valence-electron chi connectivity index (χ4n) is 2.03. The third kappa shape index (κ3) is 3.76. The van der Waals surface area contributed by atoms with Crippen LogP contribution in [-0.2, 0) is 0 Å². The SMILES string of the molecule is N#Cc1cc(Cl)c(Nc2c([N+](=O)[O-])cc([N+](=O)[O-])cc2[N+](=O)[O-])c(Br)c1F. The number of benzene rings is 2. The summed E-state index contributed by atoms with van der Waals surface area (Å²) in [6.45, 7) is 0. The van der Waals surface area contributed by atoms with Gasteiger partial charge in [-0.15, -0.1) is 0 Å². The highest BCUT2D eigenvalue weighted by atomic mass is 79.9. The van der Waals surface area contributed by atoms with E-state index in [4.69, 9.17) is 16.9 Å². The zero-order chi connectivity index (χ0) is 20.5. The van der Waals surface area contributed by atoms with Gasteiger partial charge in [0, 0.05) is 0 Å². The minimum Gasteiger partial charge on any atom is -0.342 e. The molecule has 138 valence electrons. The number of hydrogen-bond donors (Lipinski definition) is 1. The van der Waals surface area contributed by atoms with Gasteiger partial charge in [-0.25, -0.2) is 4.39 Å². The second kappa shape index (κ2) is 7.48. The van der Waals surface area contributed by atoms with Gasteiger partial charge in [-0.05, 0) is 22.0 Å². The van der Waals surface area contributed by atoms with Crippen molar-refractivity contribution in [2.45, 2.75) is 0 Å². The Hall–Kier alpha value is -3.37. The molecule has 0 aliphatic rings. The lowest BCUT2D eigenvalue weighted by atomic mass is 10.1. The zero-order valence-electron chi connectivity index (χ0n) is 12.6. The van der Waals surface area contributed by atoms with E-state index in [9.17, 15) is 34.7 Å². The molecule has 0 saturated carbocycles. The average Bonchev–Trinajstić information content (AvgIpc) is 2.60. The maximum absolute atomic E-state index is 14.1. The Kier molecular flexibility index (Phi) is 5.52. The topological polar surface area (TPSA) is 165 Å². The number of hydrogen-bond acceptors (Lipinski definition) is 8. The second-order valence-electron chi connectivity index (χ2n) is 4.78. The molecule has 0 amide bonds. The molecular weight excluding hydrogens is 457 g/mol. The van der Waals surface area contributed by atoms with Crippen LogP contribution in [0.4, 0.5) is 32.8 Å². The quantitative estimate of drug-likeness (QED) is 0.384. The van der Waals surface area contributed by atoms with Crippen LogP contribution < -0.4 is 5.32 Å². The molecule has 0 heterocycles. The number of nitrogens with one attached hydrogen (secondary N) is 1. The van der Waals surface area contributed by atoms with Crippen molar-refractivity contribution in [1.82, 2.24) is 0 Å². The average molecular weight is 461 g/mol. The number of non-ortho nitro benzene ring substituents is 1. The van der Waals surface area contributed by atoms with Gasteiger partial charge < -0.3 is 5.32 Å². The number of rotatable bonds is 5. The summed E-state index contributed by atoms with van der Waals surface area (Å²) < 4.78 is 13.7. The third-order valence-corrected chi connectivity index (χ3v) is 4.26. The zero-order valence-corrected chi connectivity index (χ0v) is 14.9. The predicted octanol–water partition coefficient (Wildman–Crippen LogP) is 4.58. The van der Waals surface area contributed by atoms with E-state index in [1.54, 1.807) is 0 Å². The fourth-order valence-corrected chi connectivity index (χ4v) is 2.93. The van der Waals surface area contributed by atoms with E-state index in [1.807, 2.05) is 0 Å². The van der Waals surface area contributed by atoms with E-state index < -0.39 is 53.4 Å². The van der Waals surface area contributed by atoms with E-state index in [0.29, 0.717) is 12.1 Å². The third-order valence-electron chi connectivity index (χ3n) is 3.21. The molecule has 0 bridgehead atoms. The van der Waals surface area contributed by atoms with Crippen LogP contribution in [0.25, 0.3) is 0 Å². The van der Waals surface area contributed by atoms with Crippen LogP contribution in [-0.4, -0.2) is 14.8 Å². The molecule has 0 radical (unpaired) electrons. The summed E-state index contributed by atoms with van der Waals surface area (Å²) in [5.41, 5.74) is -4.40. The summed E-state index contributed by atoms with van der Waals surface area (Å²) in [6.07, 6.45) is 0. The number of nitro benzene ring substituents is 3. The Morgan fingerprint density at radius 1 is 1.04 bits per heavy atom. The van der Waals surface area contributed by atoms with Crippen LogP contribution in [0.2, 0.25) is 5.02 Å². The Morgan fingerprint density at radius 2 is 1.56 bits per heavy atom. The molecule has 0 fully saturated rings. The minimum absolute atomic E-state index is 0.276. The first-order chi connectivity index (χ1) is 12.6. The van der Waals surface area contributed by atoms with Crippen LogP contribution in [0.5, 0.6) is 0 Å². The molecular formula is C13H4BrClFN5O6. The number of halogens is 3. The number of nitrogens with zero attached hydrogens (tertiary/aromatic N) is 4. The number of nitro groups is 3. The molecule has 2 aromatic rings. The van der Waals surface area contributed by atoms with Crippen LogP contribution in [0.3, 0.4) is 0 Å². The molecule has 14 heteroatoms. The first-order valence-corrected chi connectivity index (χ1v) is 7.71. The van der Waals surface area contributed by atoms with Crippen molar-refractivity contribution in [3.63, 3.8) is 0 Å². The fraction of sp³-hybridized carbons (Fsp3) is 0. The van der Waals surface area contributed by atoms with Gasteiger partial charge in [0.05, 0.1) is 47.6 Å². The first kappa shape index (κ1) is 19.9. The highest BCUT2D eigenvalue weighted by Crippen LogP contribution is 2.44. The molecule has 0 unspecified atom stereocenters. The van der Waals surface area contributed by atoms with Crippen molar-refractivity contribution in [1.29, 1.82) is 5.26 Å². The molecule has 0 aliphatic carbocycles. The molecule has 11 nitrogen and oxygen atoms in total. The molecule has 2 rings (SSSR count). The smallest absolute Gasteiger partial charge is 0.306 e. The lowest BCUT2D eigenvalue weighted by molar-refractivity contribution is -0.401. The largest absolute Gasteiger partial charge is 0.342 e. The molecule has 0 aliphatic heterocycles. The van der Waals surface area contributed by atoms with Crippen molar-refractivity contribution in [3.8, 4) is 6.07 Å². The highest BCUT2D eigenvalue weighted by Gasteiger charge is 2.32. The van der Waals surface area contributed by atoms with Gasteiger partial charge in [-0.1, -0.05) is 11.6 Å². The molecule has 27 heavy (non-hydrogen) atoms. The normalized spacial score (nSPS) is 10.1. The van der Waals surface area contributed by atoms with Crippen LogP contribution in [0, 0.1) is 47.5 Å². The van der Waals surface area contributed by atoms with Crippen molar-refractivity contribution >= 4 is 56.0 Å². The van der Waals surface area contributed by atoms with Crippen molar-refractivity contribution < 1.29 is 19.2 Å². The van der Waals surface area contributed by atoms with E-state index in [2.05, 4.69) is 21.2 Å². The Labute approximate surface area is 161 Å². The molecule has 0 saturated heterocycles. The van der Waals surface area contributed by atoms with E-state index in [1.165, 1.54) is 6.07 Å².